The van der Waals surface area contributed by atoms with Crippen molar-refractivity contribution in [2.24, 2.45) is 5.92 Å². The minimum atomic E-state index is -0.589. The Morgan fingerprint density at radius 2 is 1.64 bits per heavy atom. The smallest absolute Gasteiger partial charge is 0.310 e. The fourth-order valence-electron chi connectivity index (χ4n) is 5.87. The number of likely N-dealkylation sites (tertiary alicyclic amines) is 1. The number of hydrogen-bond donors (Lipinski definition) is 3. The molecular weight excluding hydrogens is 490 g/mol. The normalized spacial score (nSPS) is 16.1. The van der Waals surface area contributed by atoms with E-state index in [4.69, 9.17) is 4.74 Å². The molecule has 2 atom stereocenters. The van der Waals surface area contributed by atoms with Crippen molar-refractivity contribution in [3.05, 3.63) is 95.1 Å². The highest BCUT2D eigenvalue weighted by molar-refractivity contribution is 5.73. The molecule has 0 amide bonds. The van der Waals surface area contributed by atoms with Gasteiger partial charge in [-0.05, 0) is 93.0 Å². The van der Waals surface area contributed by atoms with Crippen molar-refractivity contribution in [2.75, 3.05) is 26.2 Å². The molecule has 0 bridgehead atoms. The predicted octanol–water partition coefficient (Wildman–Crippen LogP) is 5.43. The number of aliphatic hydroxyl groups excluding tert-OH is 1. The molecule has 0 aliphatic carbocycles. The number of carbonyl (C=O) groups is 1. The fourth-order valence-corrected chi connectivity index (χ4v) is 5.87. The average Bonchev–Trinajstić information content (AvgIpc) is 2.93. The van der Waals surface area contributed by atoms with Crippen molar-refractivity contribution in [1.82, 2.24) is 4.90 Å². The van der Waals surface area contributed by atoms with E-state index in [9.17, 15) is 20.1 Å². The molecule has 208 valence electrons. The third-order valence-electron chi connectivity index (χ3n) is 7.85. The standard InChI is InChI=1S/C33H41NO5/c1-2-39-32(38)22-27-10-6-12-31(37)30(27)23-29(36)11-7-19-34-20-17-26(18-21-34)33(24-8-4-3-5-9-24)25-13-15-28(35)16-14-25/h3-6,8-10,12-16,26,29,33,35-37H,2,7,11,17-23H2,1H3. The molecule has 0 aromatic heterocycles. The quantitative estimate of drug-likeness (QED) is 0.270. The Hall–Kier alpha value is -3.35. The number of aromatic hydroxyl groups is 2. The van der Waals surface area contributed by atoms with Crippen LogP contribution in [0.2, 0.25) is 0 Å². The maximum absolute atomic E-state index is 12.0. The van der Waals surface area contributed by atoms with Gasteiger partial charge in [0.1, 0.15) is 11.5 Å². The number of benzene rings is 3. The van der Waals surface area contributed by atoms with E-state index in [2.05, 4.69) is 35.2 Å². The molecule has 6 heteroatoms. The van der Waals surface area contributed by atoms with Crippen LogP contribution in [-0.2, 0) is 22.4 Å². The van der Waals surface area contributed by atoms with E-state index in [1.807, 2.05) is 18.2 Å². The third kappa shape index (κ3) is 8.07. The van der Waals surface area contributed by atoms with Crippen LogP contribution in [0.1, 0.15) is 60.8 Å². The predicted molar refractivity (Wildman–Crippen MR) is 153 cm³/mol. The number of esters is 1. The first kappa shape index (κ1) is 28.7. The van der Waals surface area contributed by atoms with Gasteiger partial charge in [0, 0.05) is 17.9 Å². The number of rotatable bonds is 12. The van der Waals surface area contributed by atoms with Crippen LogP contribution in [0.15, 0.2) is 72.8 Å². The van der Waals surface area contributed by atoms with E-state index in [0.29, 0.717) is 48.2 Å². The second-order valence-corrected chi connectivity index (χ2v) is 10.6. The summed E-state index contributed by atoms with van der Waals surface area (Å²) < 4.78 is 5.06. The van der Waals surface area contributed by atoms with Crippen LogP contribution in [0.5, 0.6) is 11.5 Å². The first-order chi connectivity index (χ1) is 18.9. The lowest BCUT2D eigenvalue weighted by molar-refractivity contribution is -0.142. The number of aliphatic hydroxyl groups is 1. The highest BCUT2D eigenvalue weighted by Crippen LogP contribution is 2.38. The van der Waals surface area contributed by atoms with Crippen LogP contribution in [0.4, 0.5) is 0 Å². The van der Waals surface area contributed by atoms with Gasteiger partial charge in [0.15, 0.2) is 0 Å². The Bertz CT molecular complexity index is 1170. The molecule has 3 aromatic carbocycles. The molecule has 3 N–H and O–H groups in total. The average molecular weight is 532 g/mol. The molecule has 0 saturated carbocycles. The van der Waals surface area contributed by atoms with E-state index in [0.717, 1.165) is 38.9 Å². The first-order valence-electron chi connectivity index (χ1n) is 14.1. The largest absolute Gasteiger partial charge is 0.508 e. The molecule has 0 radical (unpaired) electrons. The van der Waals surface area contributed by atoms with Crippen molar-refractivity contribution >= 4 is 5.97 Å². The Labute approximate surface area is 231 Å². The maximum Gasteiger partial charge on any atom is 0.310 e. The number of hydrogen-bond acceptors (Lipinski definition) is 6. The molecule has 1 heterocycles. The van der Waals surface area contributed by atoms with Crippen molar-refractivity contribution < 1.29 is 24.9 Å². The van der Waals surface area contributed by atoms with Crippen LogP contribution >= 0.6 is 0 Å². The molecule has 1 aliphatic heterocycles. The second kappa shape index (κ2) is 14.2. The third-order valence-corrected chi connectivity index (χ3v) is 7.85. The molecule has 2 unspecified atom stereocenters. The Kier molecular flexibility index (Phi) is 10.4. The SMILES string of the molecule is CCOC(=O)Cc1cccc(O)c1CC(O)CCCN1CCC(C(c2ccccc2)c2ccc(O)cc2)CC1. The van der Waals surface area contributed by atoms with Crippen molar-refractivity contribution in [2.45, 2.75) is 57.5 Å². The summed E-state index contributed by atoms with van der Waals surface area (Å²) in [5, 5.41) is 30.9. The molecule has 6 nitrogen and oxygen atoms in total. The summed E-state index contributed by atoms with van der Waals surface area (Å²) in [6.45, 7) is 5.05. The summed E-state index contributed by atoms with van der Waals surface area (Å²) in [6, 6.07) is 23.4. The van der Waals surface area contributed by atoms with Gasteiger partial charge in [0.2, 0.25) is 0 Å². The molecule has 1 fully saturated rings. The molecule has 1 aliphatic rings. The number of carbonyl (C=O) groups excluding carboxylic acids is 1. The Morgan fingerprint density at radius 3 is 2.33 bits per heavy atom. The zero-order valence-corrected chi connectivity index (χ0v) is 22.8. The second-order valence-electron chi connectivity index (χ2n) is 10.6. The lowest BCUT2D eigenvalue weighted by atomic mass is 9.76. The number of nitrogens with zero attached hydrogens (tertiary/aromatic N) is 1. The topological polar surface area (TPSA) is 90.2 Å². The molecular formula is C33H41NO5. The van der Waals surface area contributed by atoms with E-state index < -0.39 is 6.10 Å². The first-order valence-corrected chi connectivity index (χ1v) is 14.1. The van der Waals surface area contributed by atoms with E-state index in [1.165, 1.54) is 11.1 Å². The summed E-state index contributed by atoms with van der Waals surface area (Å²) in [6.07, 6.45) is 3.51. The van der Waals surface area contributed by atoms with Crippen LogP contribution in [-0.4, -0.2) is 58.5 Å². The summed E-state index contributed by atoms with van der Waals surface area (Å²) in [5.74, 6) is 0.901. The van der Waals surface area contributed by atoms with Crippen molar-refractivity contribution in [1.29, 1.82) is 0 Å². The zero-order valence-electron chi connectivity index (χ0n) is 22.8. The molecule has 1 saturated heterocycles. The minimum Gasteiger partial charge on any atom is -0.508 e. The number of phenols is 2. The summed E-state index contributed by atoms with van der Waals surface area (Å²) >= 11 is 0. The summed E-state index contributed by atoms with van der Waals surface area (Å²) in [7, 11) is 0. The van der Waals surface area contributed by atoms with Gasteiger partial charge in [-0.3, -0.25) is 4.79 Å². The Balaban J connectivity index is 1.28. The van der Waals surface area contributed by atoms with Crippen LogP contribution in [0.3, 0.4) is 0 Å². The summed E-state index contributed by atoms with van der Waals surface area (Å²) in [5.41, 5.74) is 3.89. The van der Waals surface area contributed by atoms with Gasteiger partial charge >= 0.3 is 5.97 Å². The van der Waals surface area contributed by atoms with Crippen molar-refractivity contribution in [3.63, 3.8) is 0 Å². The van der Waals surface area contributed by atoms with Crippen molar-refractivity contribution in [3.8, 4) is 11.5 Å². The van der Waals surface area contributed by atoms with Gasteiger partial charge in [-0.2, -0.15) is 0 Å². The fraction of sp³-hybridized carbons (Fsp3) is 0.424. The molecule has 39 heavy (non-hydrogen) atoms. The highest BCUT2D eigenvalue weighted by Gasteiger charge is 2.29. The number of ether oxygens (including phenoxy) is 1. The van der Waals surface area contributed by atoms with Gasteiger partial charge in [0.25, 0.3) is 0 Å². The highest BCUT2D eigenvalue weighted by atomic mass is 16.5. The Morgan fingerprint density at radius 1 is 0.949 bits per heavy atom. The number of phenolic OH excluding ortho intramolecular Hbond substituents is 2. The molecule has 0 spiro atoms. The van der Waals surface area contributed by atoms with Gasteiger partial charge in [-0.1, -0.05) is 54.6 Å². The van der Waals surface area contributed by atoms with E-state index in [-0.39, 0.29) is 18.1 Å². The maximum atomic E-state index is 12.0. The van der Waals surface area contributed by atoms with E-state index >= 15 is 0 Å². The zero-order chi connectivity index (χ0) is 27.6. The van der Waals surface area contributed by atoms with Crippen LogP contribution in [0, 0.1) is 5.92 Å². The minimum absolute atomic E-state index is 0.0906. The van der Waals surface area contributed by atoms with E-state index in [1.54, 1.807) is 31.2 Å². The molecule has 3 aromatic rings. The van der Waals surface area contributed by atoms with Gasteiger partial charge in [-0.25, -0.2) is 0 Å². The van der Waals surface area contributed by atoms with Gasteiger partial charge in [0.05, 0.1) is 19.1 Å². The van der Waals surface area contributed by atoms with Crippen LogP contribution < -0.4 is 0 Å². The van der Waals surface area contributed by atoms with Crippen LogP contribution in [0.25, 0.3) is 0 Å². The monoisotopic (exact) mass is 531 g/mol. The molecule has 4 rings (SSSR count). The lowest BCUT2D eigenvalue weighted by Gasteiger charge is -2.37. The lowest BCUT2D eigenvalue weighted by Crippen LogP contribution is -2.36. The van der Waals surface area contributed by atoms with Gasteiger partial charge in [-0.15, -0.1) is 0 Å². The summed E-state index contributed by atoms with van der Waals surface area (Å²) in [4.78, 5) is 14.4. The van der Waals surface area contributed by atoms with Gasteiger partial charge < -0.3 is 25.0 Å². The number of piperidine rings is 1.